The van der Waals surface area contributed by atoms with E-state index in [4.69, 9.17) is 9.94 Å². The molecule has 8 heteroatoms. The average Bonchev–Trinajstić information content (AvgIpc) is 2.73. The second-order valence-corrected chi connectivity index (χ2v) is 3.49. The van der Waals surface area contributed by atoms with Crippen molar-refractivity contribution in [2.45, 2.75) is 0 Å². The predicted octanol–water partition coefficient (Wildman–Crippen LogP) is 0.703. The van der Waals surface area contributed by atoms with Crippen LogP contribution in [0.1, 0.15) is 5.69 Å². The number of carboxylic acid groups (broad SMARTS) is 1. The number of nitrogens with one attached hydrogen (secondary N) is 1. The van der Waals surface area contributed by atoms with Gasteiger partial charge < -0.3 is 15.3 Å². The maximum absolute atomic E-state index is 10.9. The Labute approximate surface area is 100 Å². The van der Waals surface area contributed by atoms with Crippen LogP contribution in [0.3, 0.4) is 0 Å². The van der Waals surface area contributed by atoms with E-state index in [9.17, 15) is 9.59 Å². The number of hydrogen-bond acceptors (Lipinski definition) is 6. The number of amides is 1. The quantitative estimate of drug-likeness (QED) is 0.245. The minimum atomic E-state index is -1.27. The molecule has 0 fully saturated rings. The molecule has 0 saturated heterocycles. The van der Waals surface area contributed by atoms with Gasteiger partial charge in [0, 0.05) is 5.38 Å². The van der Waals surface area contributed by atoms with E-state index in [0.717, 1.165) is 11.3 Å². The summed E-state index contributed by atoms with van der Waals surface area (Å²) < 4.78 is 0. The smallest absolute Gasteiger partial charge is 0.360 e. The van der Waals surface area contributed by atoms with Crippen LogP contribution in [0.15, 0.2) is 23.2 Å². The molecule has 1 amide bonds. The summed E-state index contributed by atoms with van der Waals surface area (Å²) in [5, 5.41) is 16.4. The van der Waals surface area contributed by atoms with E-state index in [0.29, 0.717) is 6.41 Å². The van der Waals surface area contributed by atoms with E-state index in [1.54, 1.807) is 0 Å². The number of carbonyl (C=O) groups excluding carboxylic acids is 1. The molecule has 7 nitrogen and oxygen atoms in total. The van der Waals surface area contributed by atoms with Crippen LogP contribution in [-0.2, 0) is 14.4 Å². The van der Waals surface area contributed by atoms with E-state index >= 15 is 0 Å². The third-order valence-corrected chi connectivity index (χ3v) is 2.25. The van der Waals surface area contributed by atoms with Gasteiger partial charge in [0.2, 0.25) is 12.1 Å². The van der Waals surface area contributed by atoms with E-state index < -0.39 is 5.97 Å². The number of aromatic nitrogens is 1. The van der Waals surface area contributed by atoms with Crippen molar-refractivity contribution in [1.29, 1.82) is 0 Å². The highest BCUT2D eigenvalue weighted by molar-refractivity contribution is 7.14. The minimum absolute atomic E-state index is 0.0976. The van der Waals surface area contributed by atoms with Gasteiger partial charge in [0.1, 0.15) is 12.3 Å². The first kappa shape index (κ1) is 12.8. The Morgan fingerprint density at radius 1 is 1.76 bits per heavy atom. The number of carboxylic acids is 1. The molecule has 0 aromatic carbocycles. The summed E-state index contributed by atoms with van der Waals surface area (Å²) in [7, 11) is 0. The van der Waals surface area contributed by atoms with Crippen molar-refractivity contribution in [1.82, 2.24) is 4.98 Å². The summed E-state index contributed by atoms with van der Waals surface area (Å²) in [6.45, 7) is 3.50. The number of oxime groups is 1. The van der Waals surface area contributed by atoms with Crippen LogP contribution in [0.4, 0.5) is 5.13 Å². The fourth-order valence-corrected chi connectivity index (χ4v) is 1.50. The number of nitrogens with zero attached hydrogens (tertiary/aromatic N) is 2. The fraction of sp³-hybridized carbons (Fsp3) is 0.111. The van der Waals surface area contributed by atoms with Gasteiger partial charge in [0.15, 0.2) is 5.13 Å². The van der Waals surface area contributed by atoms with Crippen LogP contribution in [0, 0.1) is 0 Å². The molecule has 0 saturated carbocycles. The topological polar surface area (TPSA) is 101 Å². The number of rotatable bonds is 7. The first-order valence-electron chi connectivity index (χ1n) is 4.39. The van der Waals surface area contributed by atoms with Crippen molar-refractivity contribution in [2.75, 3.05) is 11.9 Å². The Balaban J connectivity index is 2.88. The Hall–Kier alpha value is -2.22. The van der Waals surface area contributed by atoms with Crippen molar-refractivity contribution in [3.05, 3.63) is 23.7 Å². The summed E-state index contributed by atoms with van der Waals surface area (Å²) in [6.07, 6.45) is 1.89. The highest BCUT2D eigenvalue weighted by Gasteiger charge is 2.17. The highest BCUT2D eigenvalue weighted by atomic mass is 32.1. The zero-order valence-electron chi connectivity index (χ0n) is 8.62. The van der Waals surface area contributed by atoms with E-state index in [2.05, 4.69) is 22.0 Å². The minimum Gasteiger partial charge on any atom is -0.476 e. The molecule has 1 aromatic rings. The van der Waals surface area contributed by atoms with Crippen molar-refractivity contribution < 1.29 is 19.5 Å². The normalized spacial score (nSPS) is 10.7. The monoisotopic (exact) mass is 255 g/mol. The number of aliphatic carboxylic acids is 1. The summed E-state index contributed by atoms with van der Waals surface area (Å²) in [6, 6.07) is 0. The number of thiazole rings is 1. The van der Waals surface area contributed by atoms with Gasteiger partial charge >= 0.3 is 5.97 Å². The van der Waals surface area contributed by atoms with Crippen LogP contribution < -0.4 is 5.32 Å². The van der Waals surface area contributed by atoms with Gasteiger partial charge in [-0.3, -0.25) is 4.79 Å². The number of anilines is 1. The van der Waals surface area contributed by atoms with Crippen molar-refractivity contribution in [2.24, 2.45) is 5.16 Å². The fourth-order valence-electron chi connectivity index (χ4n) is 0.849. The molecule has 1 aromatic heterocycles. The molecule has 0 radical (unpaired) electrons. The summed E-state index contributed by atoms with van der Waals surface area (Å²) in [5.74, 6) is -1.27. The van der Waals surface area contributed by atoms with Crippen LogP contribution >= 0.6 is 11.3 Å². The second-order valence-electron chi connectivity index (χ2n) is 2.63. The molecule has 17 heavy (non-hydrogen) atoms. The van der Waals surface area contributed by atoms with Crippen molar-refractivity contribution in [3.63, 3.8) is 0 Å². The maximum atomic E-state index is 10.9. The molecular formula is C9H9N3O4S. The van der Waals surface area contributed by atoms with Gasteiger partial charge in [-0.2, -0.15) is 0 Å². The molecule has 1 heterocycles. The molecule has 1 rings (SSSR count). The van der Waals surface area contributed by atoms with Crippen molar-refractivity contribution >= 4 is 34.6 Å². The van der Waals surface area contributed by atoms with Crippen LogP contribution in [0.5, 0.6) is 0 Å². The number of carbonyl (C=O) groups is 2. The summed E-state index contributed by atoms with van der Waals surface area (Å²) in [5.41, 5.74) is -0.210. The van der Waals surface area contributed by atoms with Gasteiger partial charge in [-0.15, -0.1) is 11.3 Å². The van der Waals surface area contributed by atoms with Crippen molar-refractivity contribution in [3.8, 4) is 0 Å². The lowest BCUT2D eigenvalue weighted by molar-refractivity contribution is -0.129. The van der Waals surface area contributed by atoms with Gasteiger partial charge in [-0.25, -0.2) is 9.78 Å². The first-order valence-corrected chi connectivity index (χ1v) is 5.27. The largest absolute Gasteiger partial charge is 0.476 e. The zero-order valence-corrected chi connectivity index (χ0v) is 9.44. The average molecular weight is 255 g/mol. The lowest BCUT2D eigenvalue weighted by Crippen LogP contribution is -2.15. The Bertz CT molecular complexity index is 455. The molecule has 0 aliphatic carbocycles. The first-order chi connectivity index (χ1) is 8.19. The Morgan fingerprint density at radius 3 is 3.12 bits per heavy atom. The van der Waals surface area contributed by atoms with Gasteiger partial charge in [-0.1, -0.05) is 17.8 Å². The molecule has 0 aliphatic rings. The molecule has 2 N–H and O–H groups in total. The zero-order chi connectivity index (χ0) is 12.7. The molecule has 0 spiro atoms. The standard InChI is InChI=1S/C9H9N3O4S/c1-2-3-16-12-7(8(14)15)6-4-17-9(11-6)10-5-13/h2,4-5H,1,3H2,(H,14,15)(H,10,11,13)/b12-7-. The molecular weight excluding hydrogens is 246 g/mol. The van der Waals surface area contributed by atoms with Gasteiger partial charge in [0.25, 0.3) is 0 Å². The van der Waals surface area contributed by atoms with Crippen LogP contribution in [0.2, 0.25) is 0 Å². The summed E-state index contributed by atoms with van der Waals surface area (Å²) in [4.78, 5) is 29.6. The molecule has 0 atom stereocenters. The molecule has 0 unspecified atom stereocenters. The lowest BCUT2D eigenvalue weighted by atomic mass is 10.3. The number of hydrogen-bond donors (Lipinski definition) is 2. The molecule has 0 aliphatic heterocycles. The molecule has 0 bridgehead atoms. The third kappa shape index (κ3) is 3.68. The lowest BCUT2D eigenvalue weighted by Gasteiger charge is -1.97. The van der Waals surface area contributed by atoms with Gasteiger partial charge in [-0.05, 0) is 0 Å². The highest BCUT2D eigenvalue weighted by Crippen LogP contribution is 2.15. The maximum Gasteiger partial charge on any atom is 0.360 e. The van der Waals surface area contributed by atoms with E-state index in [1.165, 1.54) is 11.5 Å². The Kier molecular flexibility index (Phi) is 4.82. The van der Waals surface area contributed by atoms with Crippen LogP contribution in [-0.4, -0.2) is 34.8 Å². The van der Waals surface area contributed by atoms with Gasteiger partial charge in [0.05, 0.1) is 0 Å². The summed E-state index contributed by atoms with van der Waals surface area (Å²) >= 11 is 1.09. The second kappa shape index (κ2) is 6.38. The Morgan fingerprint density at radius 2 is 2.53 bits per heavy atom. The van der Waals surface area contributed by atoms with E-state index in [-0.39, 0.29) is 23.1 Å². The van der Waals surface area contributed by atoms with E-state index in [1.807, 2.05) is 0 Å². The van der Waals surface area contributed by atoms with Crippen LogP contribution in [0.25, 0.3) is 0 Å². The third-order valence-electron chi connectivity index (χ3n) is 1.48. The predicted molar refractivity (Wildman–Crippen MR) is 62.1 cm³/mol. The molecule has 90 valence electrons. The SMILES string of the molecule is C=CCO/N=C(\C(=O)O)c1csc(NC=O)n1.